The lowest BCUT2D eigenvalue weighted by Gasteiger charge is -2.33. The first-order valence-corrected chi connectivity index (χ1v) is 11.3. The van der Waals surface area contributed by atoms with Crippen LogP contribution in [0.4, 0.5) is 0 Å². The van der Waals surface area contributed by atoms with E-state index in [1.165, 1.54) is 22.5 Å². The van der Waals surface area contributed by atoms with E-state index in [2.05, 4.69) is 40.3 Å². The highest BCUT2D eigenvalue weighted by molar-refractivity contribution is 7.20. The number of hydrogen-bond acceptors (Lipinski definition) is 6. The normalized spacial score (nSPS) is 17.7. The lowest BCUT2D eigenvalue weighted by Crippen LogP contribution is -2.39. The summed E-state index contributed by atoms with van der Waals surface area (Å²) >= 11 is 1.38. The molecule has 0 unspecified atom stereocenters. The van der Waals surface area contributed by atoms with Crippen molar-refractivity contribution < 1.29 is 14.6 Å². The summed E-state index contributed by atoms with van der Waals surface area (Å²) in [5.74, 6) is -0.187. The molecule has 0 spiro atoms. The molecule has 7 heteroatoms. The van der Waals surface area contributed by atoms with E-state index in [9.17, 15) is 4.79 Å². The maximum Gasteiger partial charge on any atom is 0.261 e. The summed E-state index contributed by atoms with van der Waals surface area (Å²) in [5, 5.41) is 12.8. The molecule has 1 saturated heterocycles. The minimum absolute atomic E-state index is 0.0923. The fourth-order valence-electron chi connectivity index (χ4n) is 3.94. The van der Waals surface area contributed by atoms with Crippen LogP contribution >= 0.6 is 11.3 Å². The summed E-state index contributed by atoms with van der Waals surface area (Å²) in [6.45, 7) is 5.30. The molecule has 0 radical (unpaired) electrons. The number of morpholine rings is 1. The number of carbonyl (C=O) groups is 1. The van der Waals surface area contributed by atoms with Gasteiger partial charge in [-0.2, -0.15) is 0 Å². The van der Waals surface area contributed by atoms with Crippen molar-refractivity contribution >= 4 is 33.5 Å². The second-order valence-electron chi connectivity index (χ2n) is 7.68. The van der Waals surface area contributed by atoms with Crippen molar-refractivity contribution in [1.82, 2.24) is 15.2 Å². The fraction of sp³-hybridized carbons (Fsp3) is 0.333. The highest BCUT2D eigenvalue weighted by Crippen LogP contribution is 2.37. The number of ether oxygens (including phenoxy) is 1. The van der Waals surface area contributed by atoms with Crippen molar-refractivity contribution in [3.8, 4) is 0 Å². The van der Waals surface area contributed by atoms with Gasteiger partial charge in [0.15, 0.2) is 0 Å². The second-order valence-corrected chi connectivity index (χ2v) is 8.68. The van der Waals surface area contributed by atoms with Crippen LogP contribution < -0.4 is 5.32 Å². The average molecular weight is 438 g/mol. The van der Waals surface area contributed by atoms with Gasteiger partial charge >= 0.3 is 0 Å². The van der Waals surface area contributed by atoms with E-state index in [-0.39, 0.29) is 25.2 Å². The summed E-state index contributed by atoms with van der Waals surface area (Å²) in [6.07, 6.45) is 3.75. The molecule has 3 aromatic rings. The molecule has 6 nitrogen and oxygen atoms in total. The van der Waals surface area contributed by atoms with Crippen molar-refractivity contribution in [2.45, 2.75) is 13.0 Å². The van der Waals surface area contributed by atoms with Crippen molar-refractivity contribution in [3.05, 3.63) is 70.2 Å². The molecule has 2 aromatic heterocycles. The van der Waals surface area contributed by atoms with Gasteiger partial charge in [0.1, 0.15) is 9.71 Å². The van der Waals surface area contributed by atoms with E-state index in [1.807, 2.05) is 30.3 Å². The van der Waals surface area contributed by atoms with E-state index in [0.717, 1.165) is 28.9 Å². The zero-order valence-electron chi connectivity index (χ0n) is 17.6. The van der Waals surface area contributed by atoms with Crippen LogP contribution in [0, 0.1) is 0 Å². The Morgan fingerprint density at radius 2 is 2.16 bits per heavy atom. The zero-order valence-corrected chi connectivity index (χ0v) is 18.4. The number of rotatable bonds is 7. The quantitative estimate of drug-likeness (QED) is 0.592. The molecular weight excluding hydrogens is 410 g/mol. The first kappa shape index (κ1) is 21.6. The third-order valence-electron chi connectivity index (χ3n) is 5.27. The van der Waals surface area contributed by atoms with Gasteiger partial charge in [-0.3, -0.25) is 9.69 Å². The van der Waals surface area contributed by atoms with E-state index < -0.39 is 0 Å². The van der Waals surface area contributed by atoms with Gasteiger partial charge in [0.2, 0.25) is 0 Å². The van der Waals surface area contributed by atoms with Gasteiger partial charge < -0.3 is 15.2 Å². The fourth-order valence-corrected chi connectivity index (χ4v) is 5.05. The molecule has 31 heavy (non-hydrogen) atoms. The summed E-state index contributed by atoms with van der Waals surface area (Å²) in [4.78, 5) is 21.0. The van der Waals surface area contributed by atoms with E-state index in [1.54, 1.807) is 6.20 Å². The number of fused-ring (bicyclic) bond motifs is 1. The lowest BCUT2D eigenvalue weighted by molar-refractivity contribution is -0.0261. The summed E-state index contributed by atoms with van der Waals surface area (Å²) in [5.41, 5.74) is 3.38. The Morgan fingerprint density at radius 1 is 1.32 bits per heavy atom. The minimum atomic E-state index is -0.203. The molecule has 0 bridgehead atoms. The van der Waals surface area contributed by atoms with E-state index in [0.29, 0.717) is 18.0 Å². The van der Waals surface area contributed by atoms with Crippen molar-refractivity contribution in [2.24, 2.45) is 0 Å². The molecule has 0 aliphatic carbocycles. The van der Waals surface area contributed by atoms with Crippen molar-refractivity contribution in [3.63, 3.8) is 0 Å². The Balaban J connectivity index is 1.56. The summed E-state index contributed by atoms with van der Waals surface area (Å²) in [7, 11) is 0. The van der Waals surface area contributed by atoms with Crippen LogP contribution in [-0.4, -0.2) is 60.3 Å². The molecule has 4 rings (SSSR count). The van der Waals surface area contributed by atoms with Crippen LogP contribution in [0.1, 0.15) is 33.8 Å². The first-order chi connectivity index (χ1) is 15.2. The van der Waals surface area contributed by atoms with Gasteiger partial charge in [0.25, 0.3) is 5.91 Å². The summed E-state index contributed by atoms with van der Waals surface area (Å²) in [6, 6.07) is 14.2. The molecule has 1 aromatic carbocycles. The Kier molecular flexibility index (Phi) is 7.09. The number of pyridine rings is 1. The number of nitrogens with one attached hydrogen (secondary N) is 1. The van der Waals surface area contributed by atoms with Gasteiger partial charge in [-0.25, -0.2) is 4.98 Å². The van der Waals surface area contributed by atoms with Crippen LogP contribution in [0.5, 0.6) is 0 Å². The Hall–Kier alpha value is -2.58. The Bertz CT molecular complexity index is 1060. The van der Waals surface area contributed by atoms with Gasteiger partial charge in [0.05, 0.1) is 19.3 Å². The molecule has 1 aliphatic rings. The largest absolute Gasteiger partial charge is 0.395 e. The van der Waals surface area contributed by atoms with Gasteiger partial charge in [-0.15, -0.1) is 11.3 Å². The highest BCUT2D eigenvalue weighted by atomic mass is 32.1. The SMILES string of the molecule is C/C(=C\c1ccccc1)CN1CCO[C@H](c2c(C(=O)NCCO)sc3ncccc23)C1. The maximum atomic E-state index is 12.8. The number of nitrogens with zero attached hydrogens (tertiary/aromatic N) is 2. The predicted molar refractivity (Wildman–Crippen MR) is 124 cm³/mol. The maximum absolute atomic E-state index is 12.8. The number of aliphatic hydroxyl groups is 1. The van der Waals surface area contributed by atoms with Crippen molar-refractivity contribution in [1.29, 1.82) is 0 Å². The third kappa shape index (κ3) is 5.19. The van der Waals surface area contributed by atoms with Gasteiger partial charge in [-0.05, 0) is 18.6 Å². The zero-order chi connectivity index (χ0) is 21.6. The number of benzene rings is 1. The molecule has 3 heterocycles. The lowest BCUT2D eigenvalue weighted by atomic mass is 10.0. The van der Waals surface area contributed by atoms with Gasteiger partial charge in [-0.1, -0.05) is 48.0 Å². The molecule has 2 N–H and O–H groups in total. The van der Waals surface area contributed by atoms with Crippen LogP contribution in [-0.2, 0) is 4.74 Å². The molecule has 1 atom stereocenters. The third-order valence-corrected chi connectivity index (χ3v) is 6.39. The Labute approximate surface area is 186 Å². The molecule has 0 saturated carbocycles. The number of hydrogen-bond donors (Lipinski definition) is 2. The number of amides is 1. The minimum Gasteiger partial charge on any atom is -0.395 e. The number of aromatic nitrogens is 1. The van der Waals surface area contributed by atoms with Crippen molar-refractivity contribution in [2.75, 3.05) is 39.4 Å². The number of carbonyl (C=O) groups excluding carboxylic acids is 1. The highest BCUT2D eigenvalue weighted by Gasteiger charge is 2.30. The molecule has 1 aliphatic heterocycles. The first-order valence-electron chi connectivity index (χ1n) is 10.5. The molecule has 1 fully saturated rings. The van der Waals surface area contributed by atoms with E-state index >= 15 is 0 Å². The molecule has 1 amide bonds. The smallest absolute Gasteiger partial charge is 0.261 e. The van der Waals surface area contributed by atoms with Crippen LogP contribution in [0.25, 0.3) is 16.3 Å². The number of aliphatic hydroxyl groups excluding tert-OH is 1. The summed E-state index contributed by atoms with van der Waals surface area (Å²) < 4.78 is 6.14. The standard InChI is InChI=1S/C24H27N3O3S/c1-17(14-18-6-3-2-4-7-18)15-27-11-13-30-20(16-27)21-19-8-5-9-26-24(19)31-22(21)23(29)25-10-12-28/h2-9,14,20,28H,10-13,15-16H2,1H3,(H,25,29)/b17-14+/t20-/m0/s1. The number of thiophene rings is 1. The monoisotopic (exact) mass is 437 g/mol. The van der Waals surface area contributed by atoms with Crippen LogP contribution in [0.3, 0.4) is 0 Å². The average Bonchev–Trinajstić information content (AvgIpc) is 3.18. The topological polar surface area (TPSA) is 74.7 Å². The van der Waals surface area contributed by atoms with E-state index in [4.69, 9.17) is 9.84 Å². The van der Waals surface area contributed by atoms with Gasteiger partial charge in [0, 0.05) is 43.3 Å². The van der Waals surface area contributed by atoms with Crippen LogP contribution in [0.15, 0.2) is 54.2 Å². The molecular formula is C24H27N3O3S. The Morgan fingerprint density at radius 3 is 2.97 bits per heavy atom. The molecule has 162 valence electrons. The predicted octanol–water partition coefficient (Wildman–Crippen LogP) is 3.50. The van der Waals surface area contributed by atoms with Crippen LogP contribution in [0.2, 0.25) is 0 Å². The second kappa shape index (κ2) is 10.2.